The van der Waals surface area contributed by atoms with Crippen LogP contribution in [0.5, 0.6) is 0 Å². The predicted octanol–water partition coefficient (Wildman–Crippen LogP) is 2.40. The number of urea groups is 1. The third-order valence-corrected chi connectivity index (χ3v) is 7.21. The number of carbonyl (C=O) groups is 2. The molecule has 2 saturated heterocycles. The van der Waals surface area contributed by atoms with Gasteiger partial charge in [-0.1, -0.05) is 11.6 Å². The number of anilines is 1. The molecule has 3 unspecified atom stereocenters. The van der Waals surface area contributed by atoms with Gasteiger partial charge in [-0.15, -0.1) is 0 Å². The van der Waals surface area contributed by atoms with Crippen LogP contribution in [0.25, 0.3) is 0 Å². The van der Waals surface area contributed by atoms with Gasteiger partial charge in [-0.2, -0.15) is 13.2 Å². The van der Waals surface area contributed by atoms with Gasteiger partial charge in [0.1, 0.15) is 0 Å². The van der Waals surface area contributed by atoms with E-state index in [0.29, 0.717) is 39.1 Å². The molecule has 38 heavy (non-hydrogen) atoms. The smallest absolute Gasteiger partial charge is 0.381 e. The van der Waals surface area contributed by atoms with Crippen molar-refractivity contribution in [3.63, 3.8) is 0 Å². The molecule has 3 atom stereocenters. The summed E-state index contributed by atoms with van der Waals surface area (Å²) in [5.74, 6) is -1.86. The Labute approximate surface area is 223 Å². The number of nitrogens with two attached hydrogens (primary N) is 1. The number of amides is 3. The lowest BCUT2D eigenvalue weighted by atomic mass is 9.97. The zero-order valence-electron chi connectivity index (χ0n) is 20.9. The van der Waals surface area contributed by atoms with Crippen LogP contribution in [-0.4, -0.2) is 86.5 Å². The van der Waals surface area contributed by atoms with E-state index in [9.17, 15) is 22.8 Å². The van der Waals surface area contributed by atoms with Crippen LogP contribution in [-0.2, 0) is 15.7 Å². The summed E-state index contributed by atoms with van der Waals surface area (Å²) in [7, 11) is 1.37. The van der Waals surface area contributed by atoms with Gasteiger partial charge in [0.25, 0.3) is 0 Å². The third-order valence-electron chi connectivity index (χ3n) is 6.99. The molecule has 0 spiro atoms. The van der Waals surface area contributed by atoms with Crippen molar-refractivity contribution in [1.29, 1.82) is 0 Å². The van der Waals surface area contributed by atoms with Crippen molar-refractivity contribution < 1.29 is 27.5 Å². The molecule has 0 saturated carbocycles. The van der Waals surface area contributed by atoms with Crippen molar-refractivity contribution in [2.24, 2.45) is 15.7 Å². The van der Waals surface area contributed by atoms with E-state index in [1.807, 2.05) is 4.90 Å². The number of ether oxygens (including phenoxy) is 1. The number of primary amides is 1. The molecule has 14 heteroatoms. The van der Waals surface area contributed by atoms with Crippen LogP contribution in [0.1, 0.15) is 31.2 Å². The summed E-state index contributed by atoms with van der Waals surface area (Å²) in [5, 5.41) is 6.27. The molecule has 0 aliphatic carbocycles. The molecule has 0 bridgehead atoms. The fourth-order valence-corrected chi connectivity index (χ4v) is 5.28. The van der Waals surface area contributed by atoms with Gasteiger partial charge in [0.2, 0.25) is 5.91 Å². The maximum Gasteiger partial charge on any atom is 0.416 e. The molecule has 4 rings (SSSR count). The normalized spacial score (nSPS) is 26.8. The largest absolute Gasteiger partial charge is 0.416 e. The molecule has 3 aliphatic heterocycles. The van der Waals surface area contributed by atoms with Crippen molar-refractivity contribution >= 4 is 41.7 Å². The molecule has 0 radical (unpaired) electrons. The molecule has 10 nitrogen and oxygen atoms in total. The summed E-state index contributed by atoms with van der Waals surface area (Å²) in [4.78, 5) is 37.6. The Bertz CT molecular complexity index is 1100. The first-order valence-corrected chi connectivity index (χ1v) is 12.8. The molecule has 2 fully saturated rings. The fourth-order valence-electron chi connectivity index (χ4n) is 5.05. The first-order chi connectivity index (χ1) is 18.0. The number of nitrogens with one attached hydrogen (secondary N) is 2. The van der Waals surface area contributed by atoms with Gasteiger partial charge < -0.3 is 15.8 Å². The number of aliphatic imine (C=N–C) groups is 2. The Morgan fingerprint density at radius 2 is 1.92 bits per heavy atom. The van der Waals surface area contributed by atoms with Crippen molar-refractivity contribution in [3.8, 4) is 0 Å². The summed E-state index contributed by atoms with van der Waals surface area (Å²) in [5.41, 5.74) is 4.80. The molecule has 1 aromatic carbocycles. The molecule has 3 aliphatic rings. The molecule has 3 heterocycles. The van der Waals surface area contributed by atoms with Gasteiger partial charge in [0.05, 0.1) is 5.56 Å². The van der Waals surface area contributed by atoms with Crippen LogP contribution in [0.4, 0.5) is 23.7 Å². The minimum Gasteiger partial charge on any atom is -0.381 e. The molecule has 4 N–H and O–H groups in total. The maximum absolute atomic E-state index is 13.2. The van der Waals surface area contributed by atoms with Crippen LogP contribution in [0, 0.1) is 0 Å². The topological polar surface area (TPSA) is 125 Å². The number of nitrogens with zero attached hydrogens (tertiary/aromatic N) is 4. The third kappa shape index (κ3) is 6.28. The number of carbonyl (C=O) groups excluding carboxylic acids is 2. The number of piperidine rings is 1. The van der Waals surface area contributed by atoms with Crippen LogP contribution < -0.4 is 21.3 Å². The average Bonchev–Trinajstić information content (AvgIpc) is 2.88. The number of halogens is 4. The maximum atomic E-state index is 13.2. The molecule has 1 aromatic rings. The van der Waals surface area contributed by atoms with Crippen LogP contribution >= 0.6 is 11.6 Å². The highest BCUT2D eigenvalue weighted by Crippen LogP contribution is 2.34. The van der Waals surface area contributed by atoms with Crippen LogP contribution in [0.3, 0.4) is 0 Å². The second-order valence-electron chi connectivity index (χ2n) is 9.63. The number of benzene rings is 1. The van der Waals surface area contributed by atoms with Gasteiger partial charge in [0, 0.05) is 68.6 Å². The first kappa shape index (κ1) is 28.3. The van der Waals surface area contributed by atoms with Crippen LogP contribution in [0.2, 0.25) is 5.02 Å². The zero-order valence-corrected chi connectivity index (χ0v) is 21.6. The van der Waals surface area contributed by atoms with E-state index >= 15 is 0 Å². The molecule has 208 valence electrons. The molecular formula is C24H31ClF3N7O3. The number of hydrogen-bond acceptors (Lipinski definition) is 7. The number of alkyl halides is 3. The Morgan fingerprint density at radius 3 is 2.61 bits per heavy atom. The number of hydrogen-bond donors (Lipinski definition) is 3. The van der Waals surface area contributed by atoms with E-state index in [-0.39, 0.29) is 22.8 Å². The quantitative estimate of drug-likeness (QED) is 0.495. The SMILES string of the molecule is CN(C(=O)NC1CCCN(C2(NC3CCOCC3)N=CC=NC2C(N)=O)C1)c1cc(Cl)cc(C(F)(F)F)c1. The predicted molar refractivity (Wildman–Crippen MR) is 138 cm³/mol. The van der Waals surface area contributed by atoms with Crippen molar-refractivity contribution in [2.75, 3.05) is 38.3 Å². The number of likely N-dealkylation sites (tertiary alicyclic amines) is 1. The fraction of sp³-hybridized carbons (Fsp3) is 0.583. The van der Waals surface area contributed by atoms with E-state index in [2.05, 4.69) is 20.6 Å². The summed E-state index contributed by atoms with van der Waals surface area (Å²) in [6.45, 7) is 2.03. The highest BCUT2D eigenvalue weighted by Gasteiger charge is 2.50. The van der Waals surface area contributed by atoms with Crippen molar-refractivity contribution in [1.82, 2.24) is 15.5 Å². The summed E-state index contributed by atoms with van der Waals surface area (Å²) in [6.07, 6.45) is 1.12. The minimum atomic E-state index is -4.60. The highest BCUT2D eigenvalue weighted by atomic mass is 35.5. The number of rotatable bonds is 6. The Kier molecular flexibility index (Phi) is 8.60. The summed E-state index contributed by atoms with van der Waals surface area (Å²) in [6, 6.07) is 1.05. The first-order valence-electron chi connectivity index (χ1n) is 12.4. The van der Waals surface area contributed by atoms with E-state index < -0.39 is 35.5 Å². The summed E-state index contributed by atoms with van der Waals surface area (Å²) >= 11 is 5.89. The Morgan fingerprint density at radius 1 is 1.18 bits per heavy atom. The lowest BCUT2D eigenvalue weighted by molar-refractivity contribution is -0.137. The van der Waals surface area contributed by atoms with E-state index in [1.54, 1.807) is 0 Å². The Hall–Kier alpha value is -2.74. The lowest BCUT2D eigenvalue weighted by Gasteiger charge is -2.49. The standard InChI is InChI=1S/C24H31ClF3N7O3/c1-34(19-12-15(23(26,27)28)11-16(25)13-19)22(37)32-18-3-2-8-35(14-18)24(33-17-4-9-38-10-5-17)20(21(29)36)30-6-7-31-24/h6-7,11-13,17-18,20,33H,2-5,8-10,14H2,1H3,(H2,29,36)(H,32,37). The van der Waals surface area contributed by atoms with E-state index in [1.165, 1.54) is 25.5 Å². The molecule has 0 aromatic heterocycles. The lowest BCUT2D eigenvalue weighted by Crippen LogP contribution is -2.72. The second-order valence-corrected chi connectivity index (χ2v) is 10.1. The second kappa shape index (κ2) is 11.6. The molecule has 3 amide bonds. The van der Waals surface area contributed by atoms with Crippen molar-refractivity contribution in [3.05, 3.63) is 28.8 Å². The van der Waals surface area contributed by atoms with E-state index in [4.69, 9.17) is 22.1 Å². The van der Waals surface area contributed by atoms with Crippen molar-refractivity contribution in [2.45, 2.75) is 55.8 Å². The summed E-state index contributed by atoms with van der Waals surface area (Å²) < 4.78 is 45.2. The van der Waals surface area contributed by atoms with Gasteiger partial charge in [-0.25, -0.2) is 4.79 Å². The van der Waals surface area contributed by atoms with Gasteiger partial charge in [0.15, 0.2) is 11.8 Å². The highest BCUT2D eigenvalue weighted by molar-refractivity contribution is 6.31. The van der Waals surface area contributed by atoms with Gasteiger partial charge >= 0.3 is 12.2 Å². The van der Waals surface area contributed by atoms with Gasteiger partial charge in [-0.3, -0.25) is 29.9 Å². The van der Waals surface area contributed by atoms with Gasteiger partial charge in [-0.05, 0) is 43.9 Å². The minimum absolute atomic E-state index is 0.00709. The molecular weight excluding hydrogens is 527 g/mol. The zero-order chi connectivity index (χ0) is 27.5. The Balaban J connectivity index is 1.51. The monoisotopic (exact) mass is 557 g/mol. The average molecular weight is 558 g/mol. The van der Waals surface area contributed by atoms with E-state index in [0.717, 1.165) is 29.9 Å². The van der Waals surface area contributed by atoms with Crippen LogP contribution in [0.15, 0.2) is 28.2 Å².